The minimum absolute atomic E-state index is 0.351. The maximum absolute atomic E-state index is 12.1. The van der Waals surface area contributed by atoms with Gasteiger partial charge in [0, 0.05) is 11.4 Å². The van der Waals surface area contributed by atoms with Crippen molar-refractivity contribution in [2.45, 2.75) is 26.4 Å². The van der Waals surface area contributed by atoms with Crippen molar-refractivity contribution in [2.75, 3.05) is 5.32 Å². The molecule has 112 valence electrons. The molecule has 22 heavy (non-hydrogen) atoms. The maximum Gasteiger partial charge on any atom is 0.338 e. The van der Waals surface area contributed by atoms with Gasteiger partial charge < -0.3 is 10.1 Å². The molecule has 2 aromatic rings. The second-order valence-electron chi connectivity index (χ2n) is 5.90. The van der Waals surface area contributed by atoms with Gasteiger partial charge in [0.2, 0.25) is 0 Å². The summed E-state index contributed by atoms with van der Waals surface area (Å²) in [6.45, 7) is 5.51. The number of nitrogens with zero attached hydrogens (tertiary/aromatic N) is 1. The van der Waals surface area contributed by atoms with Crippen molar-refractivity contribution in [3.05, 3.63) is 59.7 Å². The Kier molecular flexibility index (Phi) is 4.47. The lowest BCUT2D eigenvalue weighted by Gasteiger charge is -2.19. The average molecular weight is 294 g/mol. The molecular formula is C18H18N2O2. The van der Waals surface area contributed by atoms with Gasteiger partial charge in [-0.3, -0.25) is 0 Å². The molecule has 0 bridgehead atoms. The summed E-state index contributed by atoms with van der Waals surface area (Å²) in [4.78, 5) is 12.1. The standard InChI is InChI=1S/C18H18N2O2/c1-18(2,3)22-17(21)14-5-4-6-16(11-14)20-15-9-7-13(12-19)8-10-15/h4-11,20H,1-3H3. The Morgan fingerprint density at radius 2 is 1.77 bits per heavy atom. The maximum atomic E-state index is 12.1. The van der Waals surface area contributed by atoms with E-state index in [9.17, 15) is 4.79 Å². The van der Waals surface area contributed by atoms with Crippen molar-refractivity contribution in [3.63, 3.8) is 0 Å². The van der Waals surface area contributed by atoms with Crippen LogP contribution in [0, 0.1) is 11.3 Å². The van der Waals surface area contributed by atoms with Gasteiger partial charge in [-0.25, -0.2) is 4.79 Å². The topological polar surface area (TPSA) is 62.1 Å². The van der Waals surface area contributed by atoms with Crippen LogP contribution < -0.4 is 5.32 Å². The summed E-state index contributed by atoms with van der Waals surface area (Å²) in [7, 11) is 0. The fraction of sp³-hybridized carbons (Fsp3) is 0.222. The zero-order chi connectivity index (χ0) is 16.2. The van der Waals surface area contributed by atoms with E-state index in [1.54, 1.807) is 30.3 Å². The number of nitrogens with one attached hydrogen (secondary N) is 1. The Morgan fingerprint density at radius 1 is 1.09 bits per heavy atom. The van der Waals surface area contributed by atoms with Crippen LogP contribution in [0.2, 0.25) is 0 Å². The van der Waals surface area contributed by atoms with Crippen molar-refractivity contribution < 1.29 is 9.53 Å². The van der Waals surface area contributed by atoms with E-state index in [-0.39, 0.29) is 5.97 Å². The van der Waals surface area contributed by atoms with Crippen LogP contribution >= 0.6 is 0 Å². The minimum atomic E-state index is -0.520. The number of nitriles is 1. The molecule has 0 atom stereocenters. The molecule has 4 heteroatoms. The van der Waals surface area contributed by atoms with E-state index >= 15 is 0 Å². The lowest BCUT2D eigenvalue weighted by Crippen LogP contribution is -2.23. The molecular weight excluding hydrogens is 276 g/mol. The molecule has 4 nitrogen and oxygen atoms in total. The van der Waals surface area contributed by atoms with Crippen LogP contribution in [-0.2, 0) is 4.74 Å². The molecule has 0 heterocycles. The van der Waals surface area contributed by atoms with E-state index in [1.807, 2.05) is 39.0 Å². The first-order chi connectivity index (χ1) is 10.4. The van der Waals surface area contributed by atoms with Gasteiger partial charge in [0.15, 0.2) is 0 Å². The fourth-order valence-electron chi connectivity index (χ4n) is 1.86. The van der Waals surface area contributed by atoms with Crippen LogP contribution in [0.15, 0.2) is 48.5 Å². The number of ether oxygens (including phenoxy) is 1. The predicted molar refractivity (Wildman–Crippen MR) is 86.1 cm³/mol. The number of anilines is 2. The Labute approximate surface area is 130 Å². The molecule has 0 aliphatic carbocycles. The first-order valence-corrected chi connectivity index (χ1v) is 6.98. The highest BCUT2D eigenvalue weighted by Gasteiger charge is 2.17. The summed E-state index contributed by atoms with van der Waals surface area (Å²) in [5, 5.41) is 12.0. The third-order valence-electron chi connectivity index (χ3n) is 2.80. The zero-order valence-corrected chi connectivity index (χ0v) is 12.9. The molecule has 0 aliphatic heterocycles. The lowest BCUT2D eigenvalue weighted by molar-refractivity contribution is 0.00696. The molecule has 2 aromatic carbocycles. The third kappa shape index (κ3) is 4.35. The first-order valence-electron chi connectivity index (χ1n) is 6.98. The normalized spacial score (nSPS) is 10.6. The molecule has 0 saturated carbocycles. The van der Waals surface area contributed by atoms with E-state index in [0.717, 1.165) is 11.4 Å². The Hall–Kier alpha value is -2.80. The summed E-state index contributed by atoms with van der Waals surface area (Å²) in [6, 6.07) is 16.3. The molecule has 0 amide bonds. The van der Waals surface area contributed by atoms with Gasteiger partial charge >= 0.3 is 5.97 Å². The van der Waals surface area contributed by atoms with Crippen molar-refractivity contribution in [2.24, 2.45) is 0 Å². The highest BCUT2D eigenvalue weighted by Crippen LogP contribution is 2.20. The number of carbonyl (C=O) groups excluding carboxylic acids is 1. The van der Waals surface area contributed by atoms with E-state index in [4.69, 9.17) is 10.00 Å². The molecule has 0 spiro atoms. The molecule has 0 unspecified atom stereocenters. The summed E-state index contributed by atoms with van der Waals surface area (Å²) < 4.78 is 5.36. The highest BCUT2D eigenvalue weighted by molar-refractivity contribution is 5.91. The van der Waals surface area contributed by atoms with Gasteiger partial charge in [-0.05, 0) is 63.2 Å². The Morgan fingerprint density at radius 3 is 2.36 bits per heavy atom. The minimum Gasteiger partial charge on any atom is -0.456 e. The van der Waals surface area contributed by atoms with Gasteiger partial charge in [0.1, 0.15) is 5.60 Å². The second kappa shape index (κ2) is 6.31. The molecule has 0 radical (unpaired) electrons. The van der Waals surface area contributed by atoms with Crippen LogP contribution in [0.25, 0.3) is 0 Å². The number of esters is 1. The largest absolute Gasteiger partial charge is 0.456 e. The number of rotatable bonds is 3. The van der Waals surface area contributed by atoms with Crippen molar-refractivity contribution in [1.82, 2.24) is 0 Å². The van der Waals surface area contributed by atoms with Gasteiger partial charge in [-0.15, -0.1) is 0 Å². The van der Waals surface area contributed by atoms with E-state index in [1.165, 1.54) is 0 Å². The molecule has 0 aliphatic rings. The van der Waals surface area contributed by atoms with Crippen LogP contribution in [-0.4, -0.2) is 11.6 Å². The fourth-order valence-corrected chi connectivity index (χ4v) is 1.86. The second-order valence-corrected chi connectivity index (χ2v) is 5.90. The van der Waals surface area contributed by atoms with Crippen LogP contribution in [0.3, 0.4) is 0 Å². The van der Waals surface area contributed by atoms with Gasteiger partial charge in [-0.1, -0.05) is 6.07 Å². The lowest BCUT2D eigenvalue weighted by atomic mass is 10.1. The molecule has 0 fully saturated rings. The van der Waals surface area contributed by atoms with Crippen molar-refractivity contribution in [3.8, 4) is 6.07 Å². The molecule has 1 N–H and O–H groups in total. The Bertz CT molecular complexity index is 707. The van der Waals surface area contributed by atoms with E-state index < -0.39 is 5.60 Å². The highest BCUT2D eigenvalue weighted by atomic mass is 16.6. The average Bonchev–Trinajstić information content (AvgIpc) is 2.46. The summed E-state index contributed by atoms with van der Waals surface area (Å²) in [6.07, 6.45) is 0. The smallest absolute Gasteiger partial charge is 0.338 e. The monoisotopic (exact) mass is 294 g/mol. The van der Waals surface area contributed by atoms with Gasteiger partial charge in [-0.2, -0.15) is 5.26 Å². The van der Waals surface area contributed by atoms with E-state index in [2.05, 4.69) is 11.4 Å². The third-order valence-corrected chi connectivity index (χ3v) is 2.80. The number of hydrogen-bond donors (Lipinski definition) is 1. The first kappa shape index (κ1) is 15.6. The van der Waals surface area contributed by atoms with Crippen molar-refractivity contribution in [1.29, 1.82) is 5.26 Å². The van der Waals surface area contributed by atoms with Crippen LogP contribution in [0.1, 0.15) is 36.7 Å². The molecule has 2 rings (SSSR count). The molecule has 0 aromatic heterocycles. The van der Waals surface area contributed by atoms with Crippen LogP contribution in [0.5, 0.6) is 0 Å². The number of hydrogen-bond acceptors (Lipinski definition) is 4. The van der Waals surface area contributed by atoms with Crippen LogP contribution in [0.4, 0.5) is 11.4 Å². The number of benzene rings is 2. The van der Waals surface area contributed by atoms with E-state index in [0.29, 0.717) is 11.1 Å². The summed E-state index contributed by atoms with van der Waals surface area (Å²) >= 11 is 0. The number of carbonyl (C=O) groups is 1. The zero-order valence-electron chi connectivity index (χ0n) is 12.9. The van der Waals surface area contributed by atoms with Crippen molar-refractivity contribution >= 4 is 17.3 Å². The molecule has 0 saturated heterocycles. The SMILES string of the molecule is CC(C)(C)OC(=O)c1cccc(Nc2ccc(C#N)cc2)c1. The van der Waals surface area contributed by atoms with Gasteiger partial charge in [0.25, 0.3) is 0 Å². The Balaban J connectivity index is 2.14. The summed E-state index contributed by atoms with van der Waals surface area (Å²) in [5.74, 6) is -0.351. The predicted octanol–water partition coefficient (Wildman–Crippen LogP) is 4.26. The quantitative estimate of drug-likeness (QED) is 0.859. The summed E-state index contributed by atoms with van der Waals surface area (Å²) in [5.41, 5.74) is 2.21. The van der Waals surface area contributed by atoms with Gasteiger partial charge in [0.05, 0.1) is 17.2 Å².